The smallest absolute Gasteiger partial charge is 0.101 e. The SMILES string of the molecule is CC1(C)c2ccccc2C2(c3ccccc31)c1cc(N3c4ccccc4Sc4ccccc43)sc1C1(c3ccccc3C(C)(C)c3ccccc31)c1cc(N3c4ccccc4Sc4ccccc43)sc12. The zero-order valence-corrected chi connectivity index (χ0v) is 42.4. The molecule has 2 aromatic heterocycles. The van der Waals surface area contributed by atoms with E-state index in [1.807, 2.05) is 46.2 Å². The lowest BCUT2D eigenvalue weighted by molar-refractivity contribution is 0.522. The number of hydrogen-bond acceptors (Lipinski definition) is 6. The third kappa shape index (κ3) is 5.12. The van der Waals surface area contributed by atoms with Gasteiger partial charge in [0.15, 0.2) is 0 Å². The minimum Gasteiger partial charge on any atom is -0.300 e. The molecule has 0 bridgehead atoms. The Morgan fingerprint density at radius 1 is 0.286 bits per heavy atom. The number of benzene rings is 8. The molecular formula is C64H46N2S4. The average Bonchev–Trinajstić information content (AvgIpc) is 4.05. The fourth-order valence-electron chi connectivity index (χ4n) is 13.3. The summed E-state index contributed by atoms with van der Waals surface area (Å²) in [4.78, 5) is 13.0. The molecule has 15 rings (SSSR count). The van der Waals surface area contributed by atoms with Crippen LogP contribution in [0.3, 0.4) is 0 Å². The maximum absolute atomic E-state index is 2.65. The van der Waals surface area contributed by atoms with Gasteiger partial charge in [0.2, 0.25) is 0 Å². The number of thiophene rings is 2. The molecule has 0 amide bonds. The highest BCUT2D eigenvalue weighted by Crippen LogP contribution is 2.72. The maximum Gasteiger partial charge on any atom is 0.101 e. The van der Waals surface area contributed by atoms with E-state index in [1.165, 1.54) is 118 Å². The van der Waals surface area contributed by atoms with Gasteiger partial charge in [-0.2, -0.15) is 0 Å². The van der Waals surface area contributed by atoms with E-state index in [2.05, 4.69) is 244 Å². The van der Waals surface area contributed by atoms with Gasteiger partial charge in [0.1, 0.15) is 10.0 Å². The summed E-state index contributed by atoms with van der Waals surface area (Å²) in [6, 6.07) is 79.2. The molecule has 2 aliphatic heterocycles. The Labute approximate surface area is 426 Å². The highest BCUT2D eigenvalue weighted by atomic mass is 32.2. The Morgan fingerprint density at radius 3 is 0.814 bits per heavy atom. The van der Waals surface area contributed by atoms with Crippen molar-refractivity contribution in [3.05, 3.63) is 272 Å². The van der Waals surface area contributed by atoms with Crippen molar-refractivity contribution in [1.29, 1.82) is 0 Å². The van der Waals surface area contributed by atoms with E-state index in [9.17, 15) is 0 Å². The van der Waals surface area contributed by atoms with E-state index < -0.39 is 10.8 Å². The predicted octanol–water partition coefficient (Wildman–Crippen LogP) is 18.0. The monoisotopic (exact) mass is 970 g/mol. The van der Waals surface area contributed by atoms with Crippen LogP contribution in [0.5, 0.6) is 0 Å². The largest absolute Gasteiger partial charge is 0.300 e. The van der Waals surface area contributed by atoms with Crippen molar-refractivity contribution >= 4 is 78.9 Å². The summed E-state index contributed by atoms with van der Waals surface area (Å²) in [5, 5.41) is 2.46. The van der Waals surface area contributed by atoms with Crippen LogP contribution in [-0.4, -0.2) is 0 Å². The molecular weight excluding hydrogens is 925 g/mol. The molecule has 6 heteroatoms. The van der Waals surface area contributed by atoms with E-state index in [0.717, 1.165) is 0 Å². The second kappa shape index (κ2) is 14.5. The van der Waals surface area contributed by atoms with Gasteiger partial charge in [-0.3, -0.25) is 9.80 Å². The molecule has 0 saturated heterocycles. The number of anilines is 6. The van der Waals surface area contributed by atoms with Gasteiger partial charge in [-0.1, -0.05) is 197 Å². The lowest BCUT2D eigenvalue weighted by Crippen LogP contribution is -2.50. The summed E-state index contributed by atoms with van der Waals surface area (Å²) in [7, 11) is 0. The molecule has 4 heterocycles. The topological polar surface area (TPSA) is 6.48 Å². The van der Waals surface area contributed by atoms with Gasteiger partial charge in [-0.25, -0.2) is 0 Å². The quantitative estimate of drug-likeness (QED) is 0.170. The Bertz CT molecular complexity index is 3360. The third-order valence-electron chi connectivity index (χ3n) is 16.3. The summed E-state index contributed by atoms with van der Waals surface area (Å²) in [6.45, 7) is 9.77. The molecule has 0 radical (unpaired) electrons. The summed E-state index contributed by atoms with van der Waals surface area (Å²) < 4.78 is 0. The first-order valence-electron chi connectivity index (χ1n) is 24.2. The highest BCUT2D eigenvalue weighted by Gasteiger charge is 2.62. The number of para-hydroxylation sites is 4. The normalized spacial score (nSPS) is 17.1. The second-order valence-electron chi connectivity index (χ2n) is 20.3. The van der Waals surface area contributed by atoms with E-state index in [1.54, 1.807) is 0 Å². The van der Waals surface area contributed by atoms with Crippen molar-refractivity contribution in [2.75, 3.05) is 9.80 Å². The van der Waals surface area contributed by atoms with Gasteiger partial charge in [0.05, 0.1) is 33.6 Å². The van der Waals surface area contributed by atoms with Gasteiger partial charge in [-0.05, 0) is 116 Å². The standard InChI is InChI=1S/C64H46N2S4/c1-61(2)39-21-5-9-25-43(39)63(44-26-10-6-22-40(44)61)47-37-57(65-49-29-13-17-33-53(49)67-54-34-18-14-30-50(54)65)70-60(47)64(45-27-11-7-23-41(45)62(3,4)42-24-8-12-28-46(42)64)48-38-58(69-59(48)63)66-51-31-15-19-35-55(51)68-56-36-20-16-32-52(56)66/h5-38H,1-4H3. The first-order valence-corrected chi connectivity index (χ1v) is 27.5. The van der Waals surface area contributed by atoms with Gasteiger partial charge in [0, 0.05) is 40.2 Å². The summed E-state index contributed by atoms with van der Waals surface area (Å²) in [6.07, 6.45) is 0. The molecule has 3 aliphatic carbocycles. The van der Waals surface area contributed by atoms with Crippen LogP contribution in [0.2, 0.25) is 0 Å². The second-order valence-corrected chi connectivity index (χ2v) is 24.6. The van der Waals surface area contributed by atoms with Crippen LogP contribution in [0.15, 0.2) is 226 Å². The zero-order valence-electron chi connectivity index (χ0n) is 39.2. The molecule has 0 fully saturated rings. The van der Waals surface area contributed by atoms with Crippen molar-refractivity contribution in [3.8, 4) is 0 Å². The molecule has 8 aromatic carbocycles. The minimum atomic E-state index is -0.666. The number of rotatable bonds is 2. The first kappa shape index (κ1) is 41.3. The predicted molar refractivity (Wildman–Crippen MR) is 294 cm³/mol. The molecule has 0 saturated carbocycles. The van der Waals surface area contributed by atoms with Crippen molar-refractivity contribution in [3.63, 3.8) is 0 Å². The van der Waals surface area contributed by atoms with Crippen LogP contribution in [0.1, 0.15) is 93.1 Å². The molecule has 336 valence electrons. The van der Waals surface area contributed by atoms with Gasteiger partial charge in [0.25, 0.3) is 0 Å². The highest BCUT2D eigenvalue weighted by molar-refractivity contribution is 8.00. The lowest BCUT2D eigenvalue weighted by atomic mass is 9.48. The Kier molecular flexibility index (Phi) is 8.56. The van der Waals surface area contributed by atoms with Gasteiger partial charge in [-0.15, -0.1) is 22.7 Å². The van der Waals surface area contributed by atoms with Crippen molar-refractivity contribution in [1.82, 2.24) is 0 Å². The number of fused-ring (bicyclic) bond motifs is 18. The fraction of sp³-hybridized carbons (Fsp3) is 0.125. The van der Waals surface area contributed by atoms with Crippen LogP contribution in [0.25, 0.3) is 0 Å². The molecule has 0 atom stereocenters. The number of nitrogens with zero attached hydrogens (tertiary/aromatic N) is 2. The summed E-state index contributed by atoms with van der Waals surface area (Å²) in [5.41, 5.74) is 16.8. The Balaban J connectivity index is 1.15. The zero-order chi connectivity index (χ0) is 46.7. The van der Waals surface area contributed by atoms with E-state index in [4.69, 9.17) is 0 Å². The van der Waals surface area contributed by atoms with E-state index in [-0.39, 0.29) is 10.8 Å². The summed E-state index contributed by atoms with van der Waals surface area (Å²) in [5.74, 6) is 0. The lowest BCUT2D eigenvalue weighted by Gasteiger charge is -2.55. The van der Waals surface area contributed by atoms with Crippen LogP contribution in [0, 0.1) is 0 Å². The van der Waals surface area contributed by atoms with Crippen molar-refractivity contribution in [2.45, 2.75) is 68.9 Å². The Hall–Kier alpha value is -6.54. The molecule has 5 aliphatic rings. The van der Waals surface area contributed by atoms with Crippen molar-refractivity contribution < 1.29 is 0 Å². The molecule has 70 heavy (non-hydrogen) atoms. The molecule has 10 aromatic rings. The van der Waals surface area contributed by atoms with Crippen LogP contribution in [0.4, 0.5) is 32.8 Å². The first-order chi connectivity index (χ1) is 34.2. The third-order valence-corrected chi connectivity index (χ3v) is 21.0. The Morgan fingerprint density at radius 2 is 0.529 bits per heavy atom. The average molecular weight is 971 g/mol. The van der Waals surface area contributed by atoms with E-state index >= 15 is 0 Å². The molecule has 0 unspecified atom stereocenters. The van der Waals surface area contributed by atoms with Gasteiger partial charge >= 0.3 is 0 Å². The van der Waals surface area contributed by atoms with Crippen LogP contribution < -0.4 is 9.80 Å². The number of hydrogen-bond donors (Lipinski definition) is 0. The van der Waals surface area contributed by atoms with Crippen molar-refractivity contribution in [2.24, 2.45) is 0 Å². The van der Waals surface area contributed by atoms with Crippen LogP contribution >= 0.6 is 46.2 Å². The van der Waals surface area contributed by atoms with E-state index in [0.29, 0.717) is 0 Å². The summed E-state index contributed by atoms with van der Waals surface area (Å²) >= 11 is 7.77. The van der Waals surface area contributed by atoms with Gasteiger partial charge < -0.3 is 0 Å². The fourth-order valence-corrected chi connectivity index (χ4v) is 18.4. The maximum atomic E-state index is 2.65. The minimum absolute atomic E-state index is 0.245. The van der Waals surface area contributed by atoms with Crippen LogP contribution in [-0.2, 0) is 21.7 Å². The molecule has 2 nitrogen and oxygen atoms in total. The molecule has 2 spiro atoms. The molecule has 0 N–H and O–H groups in total.